The standard InChI is InChI=1S/C23H22N4O4/c28-21(13-12-20-7-4-16-31-20)24-15-14-22(29)25-18-8-10-19(11-9-18)27-23(30)26-17-5-2-1-3-6-17/h1-13,16H,14-15H2,(H,24,28)(H,25,29)(H2,26,27,30)/b13-12+. The van der Waals surface area contributed by atoms with Crippen molar-refractivity contribution in [3.63, 3.8) is 0 Å². The molecule has 0 aliphatic rings. The third-order valence-corrected chi connectivity index (χ3v) is 4.05. The molecule has 0 atom stereocenters. The van der Waals surface area contributed by atoms with Gasteiger partial charge in [0.1, 0.15) is 5.76 Å². The average molecular weight is 418 g/mol. The molecule has 4 N–H and O–H groups in total. The van der Waals surface area contributed by atoms with Crippen LogP contribution in [0.5, 0.6) is 0 Å². The molecule has 4 amide bonds. The molecule has 8 heteroatoms. The van der Waals surface area contributed by atoms with Crippen molar-refractivity contribution < 1.29 is 18.8 Å². The monoisotopic (exact) mass is 418 g/mol. The molecule has 0 unspecified atom stereocenters. The van der Waals surface area contributed by atoms with Gasteiger partial charge in [0.05, 0.1) is 6.26 Å². The summed E-state index contributed by atoms with van der Waals surface area (Å²) in [6.45, 7) is 0.201. The second kappa shape index (κ2) is 11.0. The van der Waals surface area contributed by atoms with Crippen molar-refractivity contribution in [1.29, 1.82) is 0 Å². The van der Waals surface area contributed by atoms with E-state index in [2.05, 4.69) is 21.3 Å². The molecule has 3 aromatic rings. The predicted molar refractivity (Wildman–Crippen MR) is 120 cm³/mol. The van der Waals surface area contributed by atoms with E-state index in [-0.39, 0.29) is 30.8 Å². The van der Waals surface area contributed by atoms with Crippen molar-refractivity contribution in [2.24, 2.45) is 0 Å². The van der Waals surface area contributed by atoms with E-state index in [4.69, 9.17) is 4.42 Å². The largest absolute Gasteiger partial charge is 0.465 e. The van der Waals surface area contributed by atoms with Gasteiger partial charge in [-0.3, -0.25) is 9.59 Å². The molecule has 0 aliphatic carbocycles. The van der Waals surface area contributed by atoms with Gasteiger partial charge in [-0.05, 0) is 54.6 Å². The lowest BCUT2D eigenvalue weighted by atomic mass is 10.2. The zero-order valence-corrected chi connectivity index (χ0v) is 16.6. The molecule has 1 aromatic heterocycles. The van der Waals surface area contributed by atoms with Crippen LogP contribution in [-0.4, -0.2) is 24.4 Å². The molecular weight excluding hydrogens is 396 g/mol. The van der Waals surface area contributed by atoms with Crippen LogP contribution in [0.25, 0.3) is 6.08 Å². The summed E-state index contributed by atoms with van der Waals surface area (Å²) < 4.78 is 5.09. The van der Waals surface area contributed by atoms with Gasteiger partial charge in [-0.25, -0.2) is 4.79 Å². The number of amides is 4. The van der Waals surface area contributed by atoms with Crippen LogP contribution in [0.2, 0.25) is 0 Å². The van der Waals surface area contributed by atoms with Crippen LogP contribution in [0.15, 0.2) is 83.5 Å². The number of anilines is 3. The smallest absolute Gasteiger partial charge is 0.323 e. The molecule has 1 heterocycles. The minimum Gasteiger partial charge on any atom is -0.465 e. The number of para-hydroxylation sites is 1. The SMILES string of the molecule is O=C(/C=C/c1ccco1)NCCC(=O)Nc1ccc(NC(=O)Nc2ccccc2)cc1. The first-order valence-corrected chi connectivity index (χ1v) is 9.61. The van der Waals surface area contributed by atoms with Gasteiger partial charge in [-0.2, -0.15) is 0 Å². The highest BCUT2D eigenvalue weighted by Crippen LogP contribution is 2.14. The second-order valence-electron chi connectivity index (χ2n) is 6.46. The molecule has 0 spiro atoms. The molecule has 2 aromatic carbocycles. The van der Waals surface area contributed by atoms with E-state index < -0.39 is 0 Å². The highest BCUT2D eigenvalue weighted by molar-refractivity contribution is 6.00. The molecular formula is C23H22N4O4. The minimum absolute atomic E-state index is 0.125. The van der Waals surface area contributed by atoms with E-state index in [1.807, 2.05) is 18.2 Å². The molecule has 0 radical (unpaired) electrons. The summed E-state index contributed by atoms with van der Waals surface area (Å²) in [7, 11) is 0. The first-order chi connectivity index (χ1) is 15.1. The molecule has 0 aliphatic heterocycles. The Hall–Kier alpha value is -4.33. The third-order valence-electron chi connectivity index (χ3n) is 4.05. The number of benzene rings is 2. The van der Waals surface area contributed by atoms with E-state index in [0.717, 1.165) is 0 Å². The maximum atomic E-state index is 12.0. The Morgan fingerprint density at radius 1 is 0.774 bits per heavy atom. The summed E-state index contributed by atoms with van der Waals surface area (Å²) in [5, 5.41) is 10.8. The van der Waals surface area contributed by atoms with Gasteiger partial charge in [-0.15, -0.1) is 0 Å². The summed E-state index contributed by atoms with van der Waals surface area (Å²) >= 11 is 0. The molecule has 31 heavy (non-hydrogen) atoms. The molecule has 0 saturated heterocycles. The van der Waals surface area contributed by atoms with Crippen LogP contribution in [0.1, 0.15) is 12.2 Å². The van der Waals surface area contributed by atoms with Gasteiger partial charge >= 0.3 is 6.03 Å². The van der Waals surface area contributed by atoms with Crippen molar-refractivity contribution in [2.45, 2.75) is 6.42 Å². The topological polar surface area (TPSA) is 112 Å². The fourth-order valence-electron chi connectivity index (χ4n) is 2.58. The van der Waals surface area contributed by atoms with Crippen LogP contribution in [0, 0.1) is 0 Å². The Kier molecular flexibility index (Phi) is 7.59. The first-order valence-electron chi connectivity index (χ1n) is 9.61. The zero-order valence-electron chi connectivity index (χ0n) is 16.6. The molecule has 158 valence electrons. The van der Waals surface area contributed by atoms with E-state index >= 15 is 0 Å². The number of nitrogens with one attached hydrogen (secondary N) is 4. The van der Waals surface area contributed by atoms with Gasteiger partial charge < -0.3 is 25.7 Å². The number of hydrogen-bond donors (Lipinski definition) is 4. The fourth-order valence-corrected chi connectivity index (χ4v) is 2.58. The van der Waals surface area contributed by atoms with Gasteiger partial charge in [0, 0.05) is 36.1 Å². The molecule has 0 fully saturated rings. The fraction of sp³-hybridized carbons (Fsp3) is 0.0870. The Bertz CT molecular complexity index is 1030. The predicted octanol–water partition coefficient (Wildman–Crippen LogP) is 4.08. The van der Waals surface area contributed by atoms with E-state index in [1.54, 1.807) is 54.6 Å². The van der Waals surface area contributed by atoms with E-state index in [1.165, 1.54) is 12.3 Å². The molecule has 0 saturated carbocycles. The van der Waals surface area contributed by atoms with Crippen molar-refractivity contribution in [3.05, 3.63) is 84.8 Å². The number of hydrogen-bond acceptors (Lipinski definition) is 4. The van der Waals surface area contributed by atoms with E-state index in [9.17, 15) is 14.4 Å². The first kappa shape index (κ1) is 21.4. The van der Waals surface area contributed by atoms with Gasteiger partial charge in [-0.1, -0.05) is 18.2 Å². The Labute approximate surface area is 179 Å². The van der Waals surface area contributed by atoms with Crippen molar-refractivity contribution >= 4 is 41.0 Å². The van der Waals surface area contributed by atoms with Crippen molar-refractivity contribution in [2.75, 3.05) is 22.5 Å². The van der Waals surface area contributed by atoms with Crippen LogP contribution in [-0.2, 0) is 9.59 Å². The lowest BCUT2D eigenvalue weighted by Gasteiger charge is -2.09. The van der Waals surface area contributed by atoms with Gasteiger partial charge in [0.25, 0.3) is 0 Å². The lowest BCUT2D eigenvalue weighted by Crippen LogP contribution is -2.26. The van der Waals surface area contributed by atoms with Crippen LogP contribution in [0.4, 0.5) is 21.9 Å². The summed E-state index contributed by atoms with van der Waals surface area (Å²) in [5.74, 6) is 0.0228. The third kappa shape index (κ3) is 7.54. The Morgan fingerprint density at radius 2 is 1.42 bits per heavy atom. The Morgan fingerprint density at radius 3 is 2.06 bits per heavy atom. The van der Waals surface area contributed by atoms with Crippen LogP contribution < -0.4 is 21.3 Å². The molecule has 0 bridgehead atoms. The quantitative estimate of drug-likeness (QED) is 0.413. The Balaban J connectivity index is 1.37. The number of rotatable bonds is 8. The highest BCUT2D eigenvalue weighted by atomic mass is 16.3. The number of carbonyl (C=O) groups excluding carboxylic acids is 3. The second-order valence-corrected chi connectivity index (χ2v) is 6.46. The number of furan rings is 1. The van der Waals surface area contributed by atoms with Crippen molar-refractivity contribution in [1.82, 2.24) is 5.32 Å². The van der Waals surface area contributed by atoms with Crippen LogP contribution >= 0.6 is 0 Å². The zero-order chi connectivity index (χ0) is 21.9. The normalized spacial score (nSPS) is 10.5. The average Bonchev–Trinajstić information content (AvgIpc) is 3.28. The maximum absolute atomic E-state index is 12.0. The highest BCUT2D eigenvalue weighted by Gasteiger charge is 2.05. The minimum atomic E-state index is -0.361. The number of urea groups is 1. The summed E-state index contributed by atoms with van der Waals surface area (Å²) in [6.07, 6.45) is 4.53. The van der Waals surface area contributed by atoms with E-state index in [0.29, 0.717) is 22.8 Å². The maximum Gasteiger partial charge on any atom is 0.323 e. The molecule has 8 nitrogen and oxygen atoms in total. The van der Waals surface area contributed by atoms with Gasteiger partial charge in [0.15, 0.2) is 0 Å². The lowest BCUT2D eigenvalue weighted by molar-refractivity contribution is -0.117. The summed E-state index contributed by atoms with van der Waals surface area (Å²) in [6, 6.07) is 18.9. The van der Waals surface area contributed by atoms with Crippen molar-refractivity contribution in [3.8, 4) is 0 Å². The summed E-state index contributed by atoms with van der Waals surface area (Å²) in [5.41, 5.74) is 1.86. The molecule has 3 rings (SSSR count). The summed E-state index contributed by atoms with van der Waals surface area (Å²) in [4.78, 5) is 35.7. The van der Waals surface area contributed by atoms with Gasteiger partial charge in [0.2, 0.25) is 11.8 Å². The van der Waals surface area contributed by atoms with Crippen LogP contribution in [0.3, 0.4) is 0 Å². The number of carbonyl (C=O) groups is 3.